The molecule has 1 fully saturated rings. The molecule has 0 radical (unpaired) electrons. The highest BCUT2D eigenvalue weighted by molar-refractivity contribution is 7.09. The van der Waals surface area contributed by atoms with Gasteiger partial charge in [-0.25, -0.2) is 4.98 Å². The number of rotatable bonds is 4. The van der Waals surface area contributed by atoms with Crippen molar-refractivity contribution >= 4 is 42.1 Å². The Morgan fingerprint density at radius 2 is 2.37 bits per heavy atom. The van der Waals surface area contributed by atoms with Crippen LogP contribution in [0.3, 0.4) is 0 Å². The summed E-state index contributed by atoms with van der Waals surface area (Å²) in [5, 5.41) is 5.49. The molecule has 1 aromatic rings. The van der Waals surface area contributed by atoms with Crippen LogP contribution in [-0.4, -0.2) is 42.0 Å². The molecule has 2 heterocycles. The molecule has 0 aliphatic carbocycles. The fraction of sp³-hybridized carbons (Fsp3) is 0.636. The van der Waals surface area contributed by atoms with Gasteiger partial charge in [-0.3, -0.25) is 4.79 Å². The molecule has 0 bridgehead atoms. The van der Waals surface area contributed by atoms with Gasteiger partial charge in [0, 0.05) is 24.5 Å². The number of likely N-dealkylation sites (N-methyl/N-ethyl adjacent to an activating group) is 1. The number of nitrogens with one attached hydrogen (secondary N) is 1. The summed E-state index contributed by atoms with van der Waals surface area (Å²) < 4.78 is 0. The lowest BCUT2D eigenvalue weighted by molar-refractivity contribution is 0.0939. The lowest BCUT2D eigenvalue weighted by atomic mass is 10.2. The minimum absolute atomic E-state index is 0. The summed E-state index contributed by atoms with van der Waals surface area (Å²) in [5.74, 6) is -0.0961. The Kier molecular flexibility index (Phi) is 8.52. The van der Waals surface area contributed by atoms with E-state index in [9.17, 15) is 4.79 Å². The van der Waals surface area contributed by atoms with Crippen molar-refractivity contribution in [3.63, 3.8) is 0 Å². The molecule has 0 saturated carbocycles. The number of carbonyl (C=O) groups excluding carboxylic acids is 1. The average Bonchev–Trinajstić information content (AvgIpc) is 2.94. The molecular formula is C11H20Cl2N4OS. The normalized spacial score (nSPS) is 18.5. The third kappa shape index (κ3) is 4.89. The van der Waals surface area contributed by atoms with Gasteiger partial charge in [-0.2, -0.15) is 0 Å². The van der Waals surface area contributed by atoms with Gasteiger partial charge in [-0.15, -0.1) is 36.2 Å². The highest BCUT2D eigenvalue weighted by Gasteiger charge is 2.21. The molecular weight excluding hydrogens is 307 g/mol. The maximum atomic E-state index is 11.8. The topological polar surface area (TPSA) is 71.2 Å². The second-order valence-corrected chi connectivity index (χ2v) is 5.26. The summed E-state index contributed by atoms with van der Waals surface area (Å²) in [5.41, 5.74) is 5.95. The van der Waals surface area contributed by atoms with Gasteiger partial charge in [0.2, 0.25) is 0 Å². The van der Waals surface area contributed by atoms with E-state index in [1.165, 1.54) is 17.8 Å². The van der Waals surface area contributed by atoms with Crippen molar-refractivity contribution in [3.05, 3.63) is 16.1 Å². The number of likely N-dealkylation sites (tertiary alicyclic amines) is 1. The van der Waals surface area contributed by atoms with Crippen LogP contribution in [0.15, 0.2) is 5.38 Å². The molecule has 5 nitrogen and oxygen atoms in total. The largest absolute Gasteiger partial charge is 0.349 e. The molecule has 3 N–H and O–H groups in total. The van der Waals surface area contributed by atoms with Gasteiger partial charge in [0.15, 0.2) is 0 Å². The molecule has 1 aliphatic heterocycles. The van der Waals surface area contributed by atoms with E-state index in [0.29, 0.717) is 24.8 Å². The van der Waals surface area contributed by atoms with Gasteiger partial charge >= 0.3 is 0 Å². The van der Waals surface area contributed by atoms with E-state index in [1.807, 2.05) is 0 Å². The Morgan fingerprint density at radius 1 is 1.63 bits per heavy atom. The van der Waals surface area contributed by atoms with Crippen LogP contribution in [0.1, 0.15) is 28.3 Å². The maximum Gasteiger partial charge on any atom is 0.270 e. The first-order chi connectivity index (χ1) is 8.20. The molecule has 1 saturated heterocycles. The summed E-state index contributed by atoms with van der Waals surface area (Å²) in [7, 11) is 2.10. The molecule has 1 aromatic heterocycles. The van der Waals surface area contributed by atoms with E-state index in [4.69, 9.17) is 5.73 Å². The molecule has 0 spiro atoms. The van der Waals surface area contributed by atoms with Crippen molar-refractivity contribution in [2.45, 2.75) is 25.4 Å². The number of aromatic nitrogens is 1. The van der Waals surface area contributed by atoms with Crippen LogP contribution in [0.5, 0.6) is 0 Å². The van der Waals surface area contributed by atoms with Crippen LogP contribution in [0.25, 0.3) is 0 Å². The first-order valence-corrected chi connectivity index (χ1v) is 6.71. The predicted octanol–water partition coefficient (Wildman–Crippen LogP) is 1.27. The van der Waals surface area contributed by atoms with Crippen LogP contribution < -0.4 is 11.1 Å². The van der Waals surface area contributed by atoms with Gasteiger partial charge in [0.05, 0.1) is 0 Å². The van der Waals surface area contributed by atoms with Crippen LogP contribution in [-0.2, 0) is 6.54 Å². The van der Waals surface area contributed by atoms with E-state index < -0.39 is 0 Å². The van der Waals surface area contributed by atoms with E-state index in [2.05, 4.69) is 22.2 Å². The number of amides is 1. The summed E-state index contributed by atoms with van der Waals surface area (Å²) in [6.45, 7) is 2.21. The fourth-order valence-corrected chi connectivity index (χ4v) is 2.70. The minimum Gasteiger partial charge on any atom is -0.349 e. The Hall–Kier alpha value is -0.400. The van der Waals surface area contributed by atoms with Gasteiger partial charge in [0.25, 0.3) is 5.91 Å². The third-order valence-electron chi connectivity index (χ3n) is 3.13. The van der Waals surface area contributed by atoms with Crippen LogP contribution in [0, 0.1) is 0 Å². The van der Waals surface area contributed by atoms with E-state index >= 15 is 0 Å². The number of thiazole rings is 1. The highest BCUT2D eigenvalue weighted by atomic mass is 35.5. The third-order valence-corrected chi connectivity index (χ3v) is 4.00. The summed E-state index contributed by atoms with van der Waals surface area (Å²) in [6, 6.07) is 0.464. The van der Waals surface area contributed by atoms with E-state index in [0.717, 1.165) is 18.0 Å². The Balaban J connectivity index is 0.00000162. The van der Waals surface area contributed by atoms with Crippen molar-refractivity contribution in [1.82, 2.24) is 15.2 Å². The highest BCUT2D eigenvalue weighted by Crippen LogP contribution is 2.14. The van der Waals surface area contributed by atoms with Crippen LogP contribution in [0.4, 0.5) is 0 Å². The average molecular weight is 327 g/mol. The van der Waals surface area contributed by atoms with E-state index in [1.54, 1.807) is 5.38 Å². The number of nitrogens with two attached hydrogens (primary N) is 1. The molecule has 8 heteroatoms. The number of carbonyl (C=O) groups is 1. The molecule has 1 amide bonds. The van der Waals surface area contributed by atoms with Crippen molar-refractivity contribution in [2.24, 2.45) is 5.73 Å². The van der Waals surface area contributed by atoms with E-state index in [-0.39, 0.29) is 30.7 Å². The molecule has 19 heavy (non-hydrogen) atoms. The SMILES string of the molecule is CN1CCCC1CNC(=O)c1csc(CN)n1.Cl.Cl. The number of hydrogen-bond donors (Lipinski definition) is 2. The zero-order chi connectivity index (χ0) is 12.3. The number of halogens is 2. The zero-order valence-electron chi connectivity index (χ0n) is 10.8. The molecule has 0 aromatic carbocycles. The molecule has 2 rings (SSSR count). The van der Waals surface area contributed by atoms with Crippen LogP contribution >= 0.6 is 36.2 Å². The van der Waals surface area contributed by atoms with Gasteiger partial charge in [-0.05, 0) is 26.4 Å². The van der Waals surface area contributed by atoms with Gasteiger partial charge < -0.3 is 16.0 Å². The quantitative estimate of drug-likeness (QED) is 0.874. The molecule has 110 valence electrons. The minimum atomic E-state index is -0.0961. The van der Waals surface area contributed by atoms with Crippen molar-refractivity contribution in [1.29, 1.82) is 0 Å². The van der Waals surface area contributed by atoms with Crippen molar-refractivity contribution in [2.75, 3.05) is 20.1 Å². The first-order valence-electron chi connectivity index (χ1n) is 5.83. The number of hydrogen-bond acceptors (Lipinski definition) is 5. The maximum absolute atomic E-state index is 11.8. The molecule has 1 atom stereocenters. The fourth-order valence-electron chi connectivity index (χ4n) is 2.05. The first kappa shape index (κ1) is 18.6. The summed E-state index contributed by atoms with van der Waals surface area (Å²) in [4.78, 5) is 18.3. The van der Waals surface area contributed by atoms with Gasteiger partial charge in [0.1, 0.15) is 10.7 Å². The molecule has 1 unspecified atom stereocenters. The van der Waals surface area contributed by atoms with Crippen molar-refractivity contribution < 1.29 is 4.79 Å². The van der Waals surface area contributed by atoms with Crippen molar-refractivity contribution in [3.8, 4) is 0 Å². The second kappa shape index (κ2) is 8.71. The summed E-state index contributed by atoms with van der Waals surface area (Å²) >= 11 is 1.43. The Bertz CT molecular complexity index is 402. The predicted molar refractivity (Wildman–Crippen MR) is 82.5 cm³/mol. The molecule has 1 aliphatic rings. The lowest BCUT2D eigenvalue weighted by Gasteiger charge is -2.19. The number of nitrogens with zero attached hydrogens (tertiary/aromatic N) is 2. The zero-order valence-corrected chi connectivity index (χ0v) is 13.2. The lowest BCUT2D eigenvalue weighted by Crippen LogP contribution is -2.38. The standard InChI is InChI=1S/C11H18N4OS.2ClH/c1-15-4-2-3-8(15)6-13-11(16)9-7-17-10(5-12)14-9;;/h7-8H,2-6,12H2,1H3,(H,13,16);2*1H. The second-order valence-electron chi connectivity index (χ2n) is 4.32. The monoisotopic (exact) mass is 326 g/mol. The van der Waals surface area contributed by atoms with Crippen LogP contribution in [0.2, 0.25) is 0 Å². The summed E-state index contributed by atoms with van der Waals surface area (Å²) in [6.07, 6.45) is 2.37. The van der Waals surface area contributed by atoms with Gasteiger partial charge in [-0.1, -0.05) is 0 Å². The smallest absolute Gasteiger partial charge is 0.270 e. The Labute approximate surface area is 129 Å². The Morgan fingerprint density at radius 3 is 2.89 bits per heavy atom.